The van der Waals surface area contributed by atoms with Gasteiger partial charge >= 0.3 is 11.7 Å². The molecule has 3 N–H and O–H groups in total. The van der Waals surface area contributed by atoms with Crippen molar-refractivity contribution in [3.8, 4) is 0 Å². The van der Waals surface area contributed by atoms with Crippen LogP contribution >= 0.6 is 0 Å². The Morgan fingerprint density at radius 2 is 1.43 bits per heavy atom. The third kappa shape index (κ3) is 20.2. The molecule has 0 amide bonds. The summed E-state index contributed by atoms with van der Waals surface area (Å²) in [7, 11) is 0. The van der Waals surface area contributed by atoms with Gasteiger partial charge in [0.15, 0.2) is 0 Å². The largest absolute Gasteiger partial charge is 0.481 e. The fraction of sp³-hybridized carbons (Fsp3) is 0.682. The SMILES string of the molecule is CCCCCCCCC=CCCCCCCCC(=O)O.O=c1cc[nH]c(=O)[nH]1. The number of carboxylic acids is 1. The maximum Gasteiger partial charge on any atom is 0.325 e. The van der Waals surface area contributed by atoms with E-state index in [1.807, 2.05) is 4.98 Å². The molecule has 1 aromatic heterocycles. The van der Waals surface area contributed by atoms with Crippen LogP contribution in [0.1, 0.15) is 96.8 Å². The van der Waals surface area contributed by atoms with Gasteiger partial charge in [-0.3, -0.25) is 14.6 Å². The number of aliphatic carboxylic acids is 1. The van der Waals surface area contributed by atoms with Crippen molar-refractivity contribution in [2.24, 2.45) is 0 Å². The van der Waals surface area contributed by atoms with E-state index in [-0.39, 0.29) is 5.56 Å². The Morgan fingerprint density at radius 1 is 0.893 bits per heavy atom. The highest BCUT2D eigenvalue weighted by molar-refractivity contribution is 5.66. The Morgan fingerprint density at radius 3 is 1.89 bits per heavy atom. The molecular weight excluding hydrogens is 356 g/mol. The highest BCUT2D eigenvalue weighted by atomic mass is 16.4. The fourth-order valence-corrected chi connectivity index (χ4v) is 2.73. The number of carboxylic acid groups (broad SMARTS) is 1. The van der Waals surface area contributed by atoms with Crippen LogP contribution < -0.4 is 11.2 Å². The minimum absolute atomic E-state index is 0.332. The molecule has 28 heavy (non-hydrogen) atoms. The Labute approximate surface area is 168 Å². The molecule has 0 radical (unpaired) electrons. The molecule has 6 heteroatoms. The zero-order valence-corrected chi connectivity index (χ0v) is 17.4. The van der Waals surface area contributed by atoms with E-state index in [0.717, 1.165) is 12.8 Å². The van der Waals surface area contributed by atoms with Crippen LogP contribution in [0.2, 0.25) is 0 Å². The van der Waals surface area contributed by atoms with Crippen LogP contribution in [0.15, 0.2) is 34.0 Å². The van der Waals surface area contributed by atoms with Gasteiger partial charge in [0.1, 0.15) is 0 Å². The predicted molar refractivity (Wildman–Crippen MR) is 115 cm³/mol. The van der Waals surface area contributed by atoms with E-state index in [0.29, 0.717) is 6.42 Å². The van der Waals surface area contributed by atoms with E-state index in [4.69, 9.17) is 5.11 Å². The van der Waals surface area contributed by atoms with Gasteiger partial charge in [0, 0.05) is 18.7 Å². The summed E-state index contributed by atoms with van der Waals surface area (Å²) in [6.45, 7) is 2.26. The second kappa shape index (κ2) is 19.6. The topological polar surface area (TPSA) is 103 Å². The van der Waals surface area contributed by atoms with E-state index in [2.05, 4.69) is 24.1 Å². The van der Waals surface area contributed by atoms with Gasteiger partial charge in [0.05, 0.1) is 0 Å². The Hall–Kier alpha value is -2.11. The average molecular weight is 395 g/mol. The molecular formula is C22H38N2O4. The van der Waals surface area contributed by atoms with Gasteiger partial charge in [-0.05, 0) is 32.1 Å². The lowest BCUT2D eigenvalue weighted by Crippen LogP contribution is -2.19. The molecule has 0 aromatic carbocycles. The number of unbranched alkanes of at least 4 members (excludes halogenated alkanes) is 11. The van der Waals surface area contributed by atoms with Crippen LogP contribution in [-0.2, 0) is 4.79 Å². The summed E-state index contributed by atoms with van der Waals surface area (Å²) in [6.07, 6.45) is 22.5. The van der Waals surface area contributed by atoms with Crippen LogP contribution in [0.25, 0.3) is 0 Å². The molecule has 160 valence electrons. The molecule has 1 heterocycles. The van der Waals surface area contributed by atoms with Crippen LogP contribution in [-0.4, -0.2) is 21.0 Å². The van der Waals surface area contributed by atoms with Crippen molar-refractivity contribution in [1.29, 1.82) is 0 Å². The molecule has 0 bridgehead atoms. The summed E-state index contributed by atoms with van der Waals surface area (Å²) in [5, 5.41) is 8.51. The first kappa shape index (κ1) is 25.9. The molecule has 6 nitrogen and oxygen atoms in total. The zero-order chi connectivity index (χ0) is 20.9. The van der Waals surface area contributed by atoms with E-state index >= 15 is 0 Å². The maximum absolute atomic E-state index is 10.3. The molecule has 0 saturated heterocycles. The van der Waals surface area contributed by atoms with Crippen molar-refractivity contribution in [2.45, 2.75) is 96.8 Å². The van der Waals surface area contributed by atoms with E-state index in [1.165, 1.54) is 82.9 Å². The highest BCUT2D eigenvalue weighted by Crippen LogP contribution is 2.09. The lowest BCUT2D eigenvalue weighted by atomic mass is 10.1. The fourth-order valence-electron chi connectivity index (χ4n) is 2.73. The second-order valence-electron chi connectivity index (χ2n) is 7.02. The van der Waals surface area contributed by atoms with Crippen molar-refractivity contribution < 1.29 is 9.90 Å². The molecule has 0 aliphatic carbocycles. The molecule has 0 unspecified atom stereocenters. The Kier molecular flexibility index (Phi) is 18.2. The lowest BCUT2D eigenvalue weighted by molar-refractivity contribution is -0.137. The maximum atomic E-state index is 10.3. The van der Waals surface area contributed by atoms with Crippen molar-refractivity contribution in [2.75, 3.05) is 0 Å². The normalized spacial score (nSPS) is 10.6. The molecule has 0 fully saturated rings. The first-order valence-corrected chi connectivity index (χ1v) is 10.7. The van der Waals surface area contributed by atoms with E-state index in [9.17, 15) is 14.4 Å². The number of hydrogen-bond acceptors (Lipinski definition) is 3. The molecule has 0 saturated carbocycles. The summed E-state index contributed by atoms with van der Waals surface area (Å²) in [5.74, 6) is -0.664. The molecule has 0 aliphatic rings. The zero-order valence-electron chi connectivity index (χ0n) is 17.4. The number of aromatic amines is 2. The standard InChI is InChI=1S/C18H34O2.C4H4N2O2/c1-2-3-4-5-6-7-8-9-10-11-12-13-14-15-16-17-18(19)20;7-3-1-2-5-4(8)6-3/h9-10H,2-8,11-17H2,1H3,(H,19,20);1-2H,(H2,5,6,7,8). The van der Waals surface area contributed by atoms with Gasteiger partial charge < -0.3 is 10.1 Å². The number of aromatic nitrogens is 2. The van der Waals surface area contributed by atoms with E-state index in [1.54, 1.807) is 0 Å². The molecule has 1 rings (SSSR count). The first-order chi connectivity index (χ1) is 13.6. The van der Waals surface area contributed by atoms with Gasteiger partial charge in [0.2, 0.25) is 0 Å². The number of hydrogen-bond donors (Lipinski definition) is 3. The van der Waals surface area contributed by atoms with Crippen LogP contribution in [0.3, 0.4) is 0 Å². The van der Waals surface area contributed by atoms with Crippen LogP contribution in [0, 0.1) is 0 Å². The number of allylic oxidation sites excluding steroid dienone is 2. The van der Waals surface area contributed by atoms with Crippen molar-refractivity contribution in [3.63, 3.8) is 0 Å². The van der Waals surface area contributed by atoms with Gasteiger partial charge in [0.25, 0.3) is 5.56 Å². The summed E-state index contributed by atoms with van der Waals surface area (Å²) in [4.78, 5) is 35.0. The quantitative estimate of drug-likeness (QED) is 0.282. The smallest absolute Gasteiger partial charge is 0.325 e. The number of carbonyl (C=O) groups is 1. The van der Waals surface area contributed by atoms with Crippen LogP contribution in [0.4, 0.5) is 0 Å². The second-order valence-corrected chi connectivity index (χ2v) is 7.02. The third-order valence-corrected chi connectivity index (χ3v) is 4.34. The van der Waals surface area contributed by atoms with Gasteiger partial charge in [-0.2, -0.15) is 0 Å². The van der Waals surface area contributed by atoms with Crippen molar-refractivity contribution in [1.82, 2.24) is 9.97 Å². The molecule has 0 atom stereocenters. The Balaban J connectivity index is 0.000000749. The monoisotopic (exact) mass is 394 g/mol. The van der Waals surface area contributed by atoms with Crippen molar-refractivity contribution in [3.05, 3.63) is 45.3 Å². The molecule has 1 aromatic rings. The lowest BCUT2D eigenvalue weighted by Gasteiger charge is -1.99. The number of rotatable bonds is 15. The van der Waals surface area contributed by atoms with Gasteiger partial charge in [-0.15, -0.1) is 0 Å². The van der Waals surface area contributed by atoms with Crippen LogP contribution in [0.5, 0.6) is 0 Å². The first-order valence-electron chi connectivity index (χ1n) is 10.7. The molecule has 0 spiro atoms. The minimum Gasteiger partial charge on any atom is -0.481 e. The number of H-pyrrole nitrogens is 2. The number of nitrogens with one attached hydrogen (secondary N) is 2. The predicted octanol–water partition coefficient (Wildman–Crippen LogP) is 5.17. The highest BCUT2D eigenvalue weighted by Gasteiger charge is 1.95. The summed E-state index contributed by atoms with van der Waals surface area (Å²) in [6, 6.07) is 1.24. The Bertz CT molecular complexity index is 594. The van der Waals surface area contributed by atoms with Crippen molar-refractivity contribution >= 4 is 5.97 Å². The third-order valence-electron chi connectivity index (χ3n) is 4.34. The summed E-state index contributed by atoms with van der Waals surface area (Å²) < 4.78 is 0. The minimum atomic E-state index is -0.664. The average Bonchev–Trinajstić information content (AvgIpc) is 2.65. The van der Waals surface area contributed by atoms with Gasteiger partial charge in [-0.25, -0.2) is 4.79 Å². The summed E-state index contributed by atoms with van der Waals surface area (Å²) >= 11 is 0. The van der Waals surface area contributed by atoms with E-state index < -0.39 is 11.7 Å². The van der Waals surface area contributed by atoms with Gasteiger partial charge in [-0.1, -0.05) is 70.4 Å². The molecule has 0 aliphatic heterocycles. The summed E-state index contributed by atoms with van der Waals surface area (Å²) in [5.41, 5.74) is -0.855.